The summed E-state index contributed by atoms with van der Waals surface area (Å²) in [5.74, 6) is 0.162. The van der Waals surface area contributed by atoms with Crippen LogP contribution in [0.1, 0.15) is 27.2 Å². The van der Waals surface area contributed by atoms with Crippen molar-refractivity contribution in [3.05, 3.63) is 64.9 Å². The summed E-state index contributed by atoms with van der Waals surface area (Å²) in [4.78, 5) is 12.5. The molecule has 0 spiro atoms. The fraction of sp³-hybridized carbons (Fsp3) is 0.167. The molecule has 2 aromatic carbocycles. The Bertz CT molecular complexity index is 830. The van der Waals surface area contributed by atoms with Crippen LogP contribution in [-0.2, 0) is 0 Å². The van der Waals surface area contributed by atoms with Crippen LogP contribution in [-0.4, -0.2) is 5.91 Å². The lowest BCUT2D eigenvalue weighted by molar-refractivity contribution is 0.0998. The van der Waals surface area contributed by atoms with Crippen LogP contribution in [0.15, 0.2) is 46.9 Å². The number of furan rings is 1. The molecule has 1 heterocycles. The molecular weight excluding hydrogens is 262 g/mol. The molecule has 0 bridgehead atoms. The number of aryl methyl sites for hydroxylation is 2. The molecule has 0 fully saturated rings. The van der Waals surface area contributed by atoms with E-state index in [-0.39, 0.29) is 5.91 Å². The number of benzene rings is 2. The molecular formula is C18H17NO2. The summed E-state index contributed by atoms with van der Waals surface area (Å²) in [7, 11) is 0. The van der Waals surface area contributed by atoms with Crippen LogP contribution in [0.25, 0.3) is 11.0 Å². The number of hydrogen-bond donors (Lipinski definition) is 1. The number of fused-ring (bicyclic) bond motifs is 1. The predicted octanol–water partition coefficient (Wildman–Crippen LogP) is 4.61. The second-order valence-corrected chi connectivity index (χ2v) is 5.25. The van der Waals surface area contributed by atoms with Gasteiger partial charge in [-0.3, -0.25) is 4.79 Å². The number of carbonyl (C=O) groups excluding carboxylic acids is 1. The molecule has 1 N–H and O–H groups in total. The summed E-state index contributed by atoms with van der Waals surface area (Å²) >= 11 is 0. The Hall–Kier alpha value is -2.55. The second kappa shape index (κ2) is 5.09. The van der Waals surface area contributed by atoms with E-state index in [1.165, 1.54) is 0 Å². The molecule has 0 saturated carbocycles. The quantitative estimate of drug-likeness (QED) is 0.744. The molecule has 3 heteroatoms. The molecule has 0 radical (unpaired) electrons. The molecule has 0 aliphatic rings. The lowest BCUT2D eigenvalue weighted by Crippen LogP contribution is -2.13. The van der Waals surface area contributed by atoms with E-state index in [4.69, 9.17) is 4.42 Å². The van der Waals surface area contributed by atoms with Crippen molar-refractivity contribution in [1.29, 1.82) is 0 Å². The fourth-order valence-corrected chi connectivity index (χ4v) is 2.46. The molecule has 3 rings (SSSR count). The van der Waals surface area contributed by atoms with Crippen molar-refractivity contribution in [2.45, 2.75) is 20.8 Å². The van der Waals surface area contributed by atoms with Crippen LogP contribution < -0.4 is 5.32 Å². The summed E-state index contributed by atoms with van der Waals surface area (Å²) in [6.45, 7) is 5.93. The van der Waals surface area contributed by atoms with Gasteiger partial charge in [-0.05, 0) is 44.0 Å². The number of nitrogens with one attached hydrogen (secondary N) is 1. The van der Waals surface area contributed by atoms with Crippen molar-refractivity contribution < 1.29 is 9.21 Å². The van der Waals surface area contributed by atoms with E-state index < -0.39 is 0 Å². The molecule has 0 atom stereocenters. The molecule has 1 aromatic heterocycles. The summed E-state index contributed by atoms with van der Waals surface area (Å²) in [6, 6.07) is 13.5. The zero-order valence-corrected chi connectivity index (χ0v) is 12.4. The van der Waals surface area contributed by atoms with Gasteiger partial charge in [-0.25, -0.2) is 0 Å². The van der Waals surface area contributed by atoms with Crippen LogP contribution in [0.3, 0.4) is 0 Å². The zero-order valence-electron chi connectivity index (χ0n) is 12.4. The smallest absolute Gasteiger partial charge is 0.291 e. The minimum Gasteiger partial charge on any atom is -0.451 e. The van der Waals surface area contributed by atoms with Crippen LogP contribution >= 0.6 is 0 Å². The van der Waals surface area contributed by atoms with Gasteiger partial charge in [0.05, 0.1) is 0 Å². The van der Waals surface area contributed by atoms with E-state index in [1.54, 1.807) is 0 Å². The third-order valence-corrected chi connectivity index (χ3v) is 3.90. The van der Waals surface area contributed by atoms with Crippen LogP contribution in [0, 0.1) is 20.8 Å². The third-order valence-electron chi connectivity index (χ3n) is 3.90. The highest BCUT2D eigenvalue weighted by atomic mass is 16.3. The maximum absolute atomic E-state index is 12.5. The second-order valence-electron chi connectivity index (χ2n) is 5.25. The normalized spacial score (nSPS) is 10.8. The first-order valence-corrected chi connectivity index (χ1v) is 6.93. The van der Waals surface area contributed by atoms with Crippen molar-refractivity contribution >= 4 is 22.6 Å². The number of anilines is 1. The SMILES string of the molecule is Cc1cccc(NC(=O)c2oc3ccccc3c2C)c1C. The third kappa shape index (κ3) is 2.31. The molecule has 106 valence electrons. The highest BCUT2D eigenvalue weighted by Gasteiger charge is 2.18. The van der Waals surface area contributed by atoms with Crippen molar-refractivity contribution in [1.82, 2.24) is 0 Å². The Labute approximate surface area is 123 Å². The number of carbonyl (C=O) groups is 1. The van der Waals surface area contributed by atoms with Crippen molar-refractivity contribution in [2.24, 2.45) is 0 Å². The van der Waals surface area contributed by atoms with E-state index in [0.29, 0.717) is 5.76 Å². The Balaban J connectivity index is 1.97. The van der Waals surface area contributed by atoms with Crippen molar-refractivity contribution in [2.75, 3.05) is 5.32 Å². The van der Waals surface area contributed by atoms with E-state index in [0.717, 1.165) is 33.3 Å². The maximum Gasteiger partial charge on any atom is 0.291 e. The van der Waals surface area contributed by atoms with Crippen LogP contribution in [0.4, 0.5) is 5.69 Å². The van der Waals surface area contributed by atoms with Crippen LogP contribution in [0.5, 0.6) is 0 Å². The Morgan fingerprint density at radius 1 is 0.952 bits per heavy atom. The van der Waals surface area contributed by atoms with Gasteiger partial charge in [0.1, 0.15) is 5.58 Å². The van der Waals surface area contributed by atoms with Gasteiger partial charge >= 0.3 is 0 Å². The largest absolute Gasteiger partial charge is 0.451 e. The molecule has 21 heavy (non-hydrogen) atoms. The average Bonchev–Trinajstić information content (AvgIpc) is 2.82. The molecule has 3 aromatic rings. The molecule has 0 aliphatic heterocycles. The first-order valence-electron chi connectivity index (χ1n) is 6.93. The first-order chi connectivity index (χ1) is 10.1. The minimum absolute atomic E-state index is 0.211. The van der Waals surface area contributed by atoms with Gasteiger partial charge in [0.25, 0.3) is 5.91 Å². The number of para-hydroxylation sites is 1. The van der Waals surface area contributed by atoms with Gasteiger partial charge in [0, 0.05) is 16.6 Å². The Morgan fingerprint density at radius 2 is 1.71 bits per heavy atom. The highest BCUT2D eigenvalue weighted by Crippen LogP contribution is 2.26. The maximum atomic E-state index is 12.5. The van der Waals surface area contributed by atoms with Crippen molar-refractivity contribution in [3.63, 3.8) is 0 Å². The van der Waals surface area contributed by atoms with Gasteiger partial charge in [0.15, 0.2) is 5.76 Å². The Morgan fingerprint density at radius 3 is 2.48 bits per heavy atom. The zero-order chi connectivity index (χ0) is 15.0. The first kappa shape index (κ1) is 13.4. The van der Waals surface area contributed by atoms with E-state index >= 15 is 0 Å². The van der Waals surface area contributed by atoms with E-state index in [2.05, 4.69) is 5.32 Å². The summed E-state index contributed by atoms with van der Waals surface area (Å²) in [6.07, 6.45) is 0. The summed E-state index contributed by atoms with van der Waals surface area (Å²) in [5, 5.41) is 3.91. The molecule has 0 aliphatic carbocycles. The van der Waals surface area contributed by atoms with Crippen molar-refractivity contribution in [3.8, 4) is 0 Å². The number of hydrogen-bond acceptors (Lipinski definition) is 2. The molecule has 3 nitrogen and oxygen atoms in total. The lowest BCUT2D eigenvalue weighted by atomic mass is 10.1. The molecule has 0 saturated heterocycles. The van der Waals surface area contributed by atoms with Gasteiger partial charge in [0.2, 0.25) is 0 Å². The van der Waals surface area contributed by atoms with E-state index in [9.17, 15) is 4.79 Å². The summed E-state index contributed by atoms with van der Waals surface area (Å²) in [5.41, 5.74) is 4.64. The minimum atomic E-state index is -0.211. The van der Waals surface area contributed by atoms with Gasteiger partial charge in [-0.15, -0.1) is 0 Å². The molecule has 0 unspecified atom stereocenters. The molecule has 1 amide bonds. The van der Waals surface area contributed by atoms with Crippen LogP contribution in [0.2, 0.25) is 0 Å². The summed E-state index contributed by atoms with van der Waals surface area (Å²) < 4.78 is 5.69. The van der Waals surface area contributed by atoms with E-state index in [1.807, 2.05) is 63.2 Å². The fourth-order valence-electron chi connectivity index (χ4n) is 2.46. The average molecular weight is 279 g/mol. The topological polar surface area (TPSA) is 42.2 Å². The van der Waals surface area contributed by atoms with Gasteiger partial charge in [-0.2, -0.15) is 0 Å². The van der Waals surface area contributed by atoms with Gasteiger partial charge < -0.3 is 9.73 Å². The monoisotopic (exact) mass is 279 g/mol. The lowest BCUT2D eigenvalue weighted by Gasteiger charge is -2.09. The standard InChI is InChI=1S/C18H17NO2/c1-11-7-6-9-15(12(11)2)19-18(20)17-13(3)14-8-4-5-10-16(14)21-17/h4-10H,1-3H3,(H,19,20). The van der Waals surface area contributed by atoms with Gasteiger partial charge in [-0.1, -0.05) is 30.3 Å². The predicted molar refractivity (Wildman–Crippen MR) is 84.8 cm³/mol. The Kier molecular flexibility index (Phi) is 3.26. The number of amides is 1. The number of rotatable bonds is 2. The highest BCUT2D eigenvalue weighted by molar-refractivity contribution is 6.06.